The second-order valence-electron chi connectivity index (χ2n) is 9.96. The van der Waals surface area contributed by atoms with E-state index in [4.69, 9.17) is 39.5 Å². The minimum atomic E-state index is -4.29. The van der Waals surface area contributed by atoms with Crippen molar-refractivity contribution in [3.8, 4) is 5.75 Å². The summed E-state index contributed by atoms with van der Waals surface area (Å²) in [5.41, 5.74) is 0.617. The fraction of sp³-hybridized carbons (Fsp3) is 0.333. The quantitative estimate of drug-likeness (QED) is 0.229. The van der Waals surface area contributed by atoms with Crippen LogP contribution in [0.3, 0.4) is 0 Å². The van der Waals surface area contributed by atoms with Crippen LogP contribution in [0.1, 0.15) is 32.8 Å². The Kier molecular flexibility index (Phi) is 11.9. The SMILES string of the molecule is CC[C@H](C(=O)NCC(C)C)N(Cc1ccc(Cl)cc1Cl)C(=O)CN(c1cc(Cl)ccc1OC)S(=O)(=O)c1ccccc1. The van der Waals surface area contributed by atoms with Crippen LogP contribution in [0.25, 0.3) is 0 Å². The van der Waals surface area contributed by atoms with E-state index in [-0.39, 0.29) is 46.1 Å². The molecule has 0 fully saturated rings. The normalized spacial score (nSPS) is 12.1. The van der Waals surface area contributed by atoms with E-state index in [9.17, 15) is 18.0 Å². The number of hydrogen-bond donors (Lipinski definition) is 1. The van der Waals surface area contributed by atoms with Gasteiger partial charge in [-0.2, -0.15) is 0 Å². The number of benzene rings is 3. The van der Waals surface area contributed by atoms with Crippen LogP contribution in [0.2, 0.25) is 15.1 Å². The standard InChI is InChI=1S/C30H34Cl3N3O5S/c1-5-26(30(38)34-17-20(2)3)35(18-21-11-12-22(31)15-25(21)33)29(37)19-36(27-16-23(32)13-14-28(27)41-4)42(39,40)24-9-7-6-8-10-24/h6-16,20,26H,5,17-19H2,1-4H3,(H,34,38)/t26-/m1/s1. The molecule has 0 aromatic heterocycles. The summed E-state index contributed by atoms with van der Waals surface area (Å²) in [5.74, 6) is -0.611. The molecule has 1 atom stereocenters. The number of nitrogens with one attached hydrogen (secondary N) is 1. The number of halogens is 3. The van der Waals surface area contributed by atoms with Crippen molar-refractivity contribution in [3.63, 3.8) is 0 Å². The zero-order chi connectivity index (χ0) is 31.0. The first-order chi connectivity index (χ1) is 19.9. The molecule has 1 N–H and O–H groups in total. The maximum absolute atomic E-state index is 14.2. The van der Waals surface area contributed by atoms with Gasteiger partial charge >= 0.3 is 0 Å². The van der Waals surface area contributed by atoms with Crippen molar-refractivity contribution in [2.45, 2.75) is 44.7 Å². The minimum Gasteiger partial charge on any atom is -0.495 e. The van der Waals surface area contributed by atoms with Crippen molar-refractivity contribution >= 4 is 62.3 Å². The van der Waals surface area contributed by atoms with E-state index in [1.54, 1.807) is 49.4 Å². The Hall–Kier alpha value is -2.98. The lowest BCUT2D eigenvalue weighted by atomic mass is 10.1. The van der Waals surface area contributed by atoms with Crippen molar-refractivity contribution < 1.29 is 22.7 Å². The number of amides is 2. The van der Waals surface area contributed by atoms with Crippen LogP contribution in [0.4, 0.5) is 5.69 Å². The summed E-state index contributed by atoms with van der Waals surface area (Å²) >= 11 is 18.8. The third kappa shape index (κ3) is 8.31. The molecule has 0 aliphatic carbocycles. The average molecular weight is 655 g/mol. The van der Waals surface area contributed by atoms with Gasteiger partial charge in [0, 0.05) is 28.2 Å². The molecule has 226 valence electrons. The molecule has 8 nitrogen and oxygen atoms in total. The predicted octanol–water partition coefficient (Wildman–Crippen LogP) is 6.43. The average Bonchev–Trinajstić information content (AvgIpc) is 2.96. The van der Waals surface area contributed by atoms with E-state index < -0.39 is 28.5 Å². The molecule has 3 aromatic rings. The molecule has 0 spiro atoms. The molecule has 0 aliphatic rings. The molecule has 3 aromatic carbocycles. The Morgan fingerprint density at radius 1 is 0.952 bits per heavy atom. The van der Waals surface area contributed by atoms with Crippen molar-refractivity contribution in [1.29, 1.82) is 0 Å². The Balaban J connectivity index is 2.13. The topological polar surface area (TPSA) is 96.0 Å². The van der Waals surface area contributed by atoms with Crippen molar-refractivity contribution in [2.24, 2.45) is 5.92 Å². The van der Waals surface area contributed by atoms with Gasteiger partial charge in [-0.15, -0.1) is 0 Å². The molecule has 0 radical (unpaired) electrons. The van der Waals surface area contributed by atoms with E-state index in [1.165, 1.54) is 36.3 Å². The highest BCUT2D eigenvalue weighted by Crippen LogP contribution is 2.35. The lowest BCUT2D eigenvalue weighted by Gasteiger charge is -2.33. The molecule has 0 saturated heterocycles. The van der Waals surface area contributed by atoms with Crippen molar-refractivity contribution in [3.05, 3.63) is 87.4 Å². The number of methoxy groups -OCH3 is 1. The molecular weight excluding hydrogens is 621 g/mol. The highest BCUT2D eigenvalue weighted by molar-refractivity contribution is 7.92. The molecule has 12 heteroatoms. The fourth-order valence-corrected chi connectivity index (χ4v) is 6.34. The molecule has 42 heavy (non-hydrogen) atoms. The Morgan fingerprint density at radius 3 is 2.19 bits per heavy atom. The third-order valence-corrected chi connectivity index (χ3v) is 9.04. The van der Waals surface area contributed by atoms with Gasteiger partial charge in [0.1, 0.15) is 18.3 Å². The first kappa shape index (κ1) is 33.5. The molecule has 3 rings (SSSR count). The van der Waals surface area contributed by atoms with Crippen molar-refractivity contribution in [2.75, 3.05) is 24.5 Å². The lowest BCUT2D eigenvalue weighted by molar-refractivity contribution is -0.140. The largest absolute Gasteiger partial charge is 0.495 e. The molecule has 2 amide bonds. The number of nitrogens with zero attached hydrogens (tertiary/aromatic N) is 2. The van der Waals surface area contributed by atoms with Gasteiger partial charge in [-0.3, -0.25) is 13.9 Å². The Morgan fingerprint density at radius 2 is 1.60 bits per heavy atom. The molecule has 0 heterocycles. The second kappa shape index (κ2) is 15.0. The van der Waals surface area contributed by atoms with Gasteiger partial charge < -0.3 is 15.0 Å². The monoisotopic (exact) mass is 653 g/mol. The third-order valence-electron chi connectivity index (χ3n) is 6.45. The molecule has 0 saturated carbocycles. The van der Waals surface area contributed by atoms with Crippen LogP contribution >= 0.6 is 34.8 Å². The summed E-state index contributed by atoms with van der Waals surface area (Å²) in [4.78, 5) is 28.9. The summed E-state index contributed by atoms with van der Waals surface area (Å²) in [6.45, 7) is 5.40. The van der Waals surface area contributed by atoms with E-state index in [0.717, 1.165) is 4.31 Å². The van der Waals surface area contributed by atoms with Crippen LogP contribution in [0.15, 0.2) is 71.6 Å². The number of anilines is 1. The highest BCUT2D eigenvalue weighted by Gasteiger charge is 2.35. The van der Waals surface area contributed by atoms with Gasteiger partial charge in [-0.1, -0.05) is 79.8 Å². The van der Waals surface area contributed by atoms with Gasteiger partial charge in [0.2, 0.25) is 11.8 Å². The Labute approximate surface area is 262 Å². The van der Waals surface area contributed by atoms with Crippen LogP contribution in [0, 0.1) is 5.92 Å². The van der Waals surface area contributed by atoms with Crippen molar-refractivity contribution in [1.82, 2.24) is 10.2 Å². The summed E-state index contributed by atoms with van der Waals surface area (Å²) < 4.78 is 34.4. The zero-order valence-electron chi connectivity index (χ0n) is 23.8. The Bertz CT molecular complexity index is 1500. The molecule has 0 aliphatic heterocycles. The van der Waals surface area contributed by atoms with Gasteiger partial charge in [-0.25, -0.2) is 8.42 Å². The van der Waals surface area contributed by atoms with Gasteiger partial charge in [-0.05, 0) is 60.4 Å². The van der Waals surface area contributed by atoms with E-state index in [2.05, 4.69) is 5.32 Å². The minimum absolute atomic E-state index is 0.0335. The number of carbonyl (C=O) groups is 2. The smallest absolute Gasteiger partial charge is 0.264 e. The van der Waals surface area contributed by atoms with Crippen LogP contribution in [-0.4, -0.2) is 51.4 Å². The summed E-state index contributed by atoms with van der Waals surface area (Å²) in [5, 5.41) is 3.86. The summed E-state index contributed by atoms with van der Waals surface area (Å²) in [6.07, 6.45) is 0.271. The van der Waals surface area contributed by atoms with E-state index in [0.29, 0.717) is 22.2 Å². The van der Waals surface area contributed by atoms with Crippen LogP contribution < -0.4 is 14.4 Å². The molecular formula is C30H34Cl3N3O5S. The summed E-state index contributed by atoms with van der Waals surface area (Å²) in [7, 11) is -2.90. The van der Waals surface area contributed by atoms with E-state index in [1.807, 2.05) is 13.8 Å². The zero-order valence-corrected chi connectivity index (χ0v) is 26.9. The highest BCUT2D eigenvalue weighted by atomic mass is 35.5. The second-order valence-corrected chi connectivity index (χ2v) is 13.1. The number of hydrogen-bond acceptors (Lipinski definition) is 5. The number of ether oxygens (including phenoxy) is 1. The predicted molar refractivity (Wildman–Crippen MR) is 168 cm³/mol. The summed E-state index contributed by atoms with van der Waals surface area (Å²) in [6, 6.07) is 16.2. The molecule has 0 unspecified atom stereocenters. The van der Waals surface area contributed by atoms with Crippen LogP contribution in [-0.2, 0) is 26.2 Å². The maximum atomic E-state index is 14.2. The van der Waals surface area contributed by atoms with Gasteiger partial charge in [0.05, 0.1) is 17.7 Å². The maximum Gasteiger partial charge on any atom is 0.264 e. The number of carbonyl (C=O) groups excluding carboxylic acids is 2. The van der Waals surface area contributed by atoms with Gasteiger partial charge in [0.15, 0.2) is 0 Å². The van der Waals surface area contributed by atoms with Gasteiger partial charge in [0.25, 0.3) is 10.0 Å². The first-order valence-corrected chi connectivity index (χ1v) is 15.9. The van der Waals surface area contributed by atoms with E-state index >= 15 is 0 Å². The lowest BCUT2D eigenvalue weighted by Crippen LogP contribution is -2.52. The van der Waals surface area contributed by atoms with Crippen LogP contribution in [0.5, 0.6) is 5.75 Å². The number of sulfonamides is 1. The number of rotatable bonds is 13. The molecule has 0 bridgehead atoms. The first-order valence-electron chi connectivity index (χ1n) is 13.3. The fourth-order valence-electron chi connectivity index (χ4n) is 4.27.